The molecule has 0 aromatic rings. The summed E-state index contributed by atoms with van der Waals surface area (Å²) in [4.78, 5) is 11.3. The first-order valence-electron chi connectivity index (χ1n) is 9.13. The lowest BCUT2D eigenvalue weighted by Crippen LogP contribution is -2.25. The van der Waals surface area contributed by atoms with Crippen LogP contribution in [-0.4, -0.2) is 24.2 Å². The van der Waals surface area contributed by atoms with E-state index in [1.165, 1.54) is 19.3 Å². The predicted octanol–water partition coefficient (Wildman–Crippen LogP) is 4.68. The molecule has 0 spiro atoms. The molecule has 23 heavy (non-hydrogen) atoms. The van der Waals surface area contributed by atoms with Gasteiger partial charge in [-0.3, -0.25) is 4.79 Å². The molecule has 0 aromatic heterocycles. The third-order valence-electron chi connectivity index (χ3n) is 3.49. The first kappa shape index (κ1) is 21.6. The Morgan fingerprint density at radius 3 is 2.17 bits per heavy atom. The molecule has 0 unspecified atom stereocenters. The molecular weight excluding hydrogens is 286 g/mol. The molecule has 0 bridgehead atoms. The van der Waals surface area contributed by atoms with Gasteiger partial charge in [0.2, 0.25) is 5.91 Å². The fourth-order valence-corrected chi connectivity index (χ4v) is 2.19. The number of carbonyl (C=O) groups excluding carboxylic acids is 1. The second kappa shape index (κ2) is 18.7. The summed E-state index contributed by atoms with van der Waals surface area (Å²) in [6.07, 6.45) is 24.0. The molecule has 0 heterocycles. The molecular formula is C20H35NO2. The van der Waals surface area contributed by atoms with E-state index in [4.69, 9.17) is 5.11 Å². The van der Waals surface area contributed by atoms with Crippen LogP contribution >= 0.6 is 0 Å². The number of hydrogen-bond donors (Lipinski definition) is 2. The van der Waals surface area contributed by atoms with Crippen LogP contribution in [0.5, 0.6) is 0 Å². The molecule has 3 heteroatoms. The summed E-state index contributed by atoms with van der Waals surface area (Å²) in [6.45, 7) is 2.54. The first-order chi connectivity index (χ1) is 11.3. The molecule has 2 N–H and O–H groups in total. The van der Waals surface area contributed by atoms with E-state index >= 15 is 0 Å². The monoisotopic (exact) mass is 321 g/mol. The van der Waals surface area contributed by atoms with E-state index < -0.39 is 0 Å². The molecule has 0 aliphatic carbocycles. The van der Waals surface area contributed by atoms with Crippen molar-refractivity contribution in [3.8, 4) is 0 Å². The van der Waals surface area contributed by atoms with Crippen molar-refractivity contribution in [2.24, 2.45) is 0 Å². The standard InChI is InChI=1S/C20H35NO2/c1-2-3-4-5-6-7-8-9-10-11-12-13-14-15-16-17-20(23)21-18-19-22/h3-4,6-7,9-10,22H,2,5,8,11-19H2,1H3,(H,21,23). The normalized spacial score (nSPS) is 11.9. The largest absolute Gasteiger partial charge is 0.395 e. The zero-order valence-electron chi connectivity index (χ0n) is 14.8. The van der Waals surface area contributed by atoms with Gasteiger partial charge in [0.25, 0.3) is 0 Å². The van der Waals surface area contributed by atoms with Crippen molar-refractivity contribution in [1.82, 2.24) is 5.32 Å². The number of hydrogen-bond acceptors (Lipinski definition) is 2. The van der Waals surface area contributed by atoms with E-state index in [1.807, 2.05) is 0 Å². The highest BCUT2D eigenvalue weighted by atomic mass is 16.3. The molecule has 0 saturated carbocycles. The summed E-state index contributed by atoms with van der Waals surface area (Å²) in [7, 11) is 0. The van der Waals surface area contributed by atoms with E-state index in [-0.39, 0.29) is 12.5 Å². The van der Waals surface area contributed by atoms with Crippen LogP contribution in [0.15, 0.2) is 36.5 Å². The van der Waals surface area contributed by atoms with Gasteiger partial charge in [-0.05, 0) is 38.5 Å². The van der Waals surface area contributed by atoms with Crippen molar-refractivity contribution < 1.29 is 9.90 Å². The summed E-state index contributed by atoms with van der Waals surface area (Å²) in [5.74, 6) is 0.0558. The number of aliphatic hydroxyl groups is 1. The lowest BCUT2D eigenvalue weighted by atomic mass is 10.1. The van der Waals surface area contributed by atoms with Crippen molar-refractivity contribution in [2.75, 3.05) is 13.2 Å². The molecule has 3 nitrogen and oxygen atoms in total. The minimum atomic E-state index is 0.0188. The Kier molecular flexibility index (Phi) is 17.6. The number of nitrogens with one attached hydrogen (secondary N) is 1. The van der Waals surface area contributed by atoms with Gasteiger partial charge in [-0.1, -0.05) is 62.6 Å². The third-order valence-corrected chi connectivity index (χ3v) is 3.49. The fourth-order valence-electron chi connectivity index (χ4n) is 2.19. The minimum absolute atomic E-state index is 0.0188. The Morgan fingerprint density at radius 1 is 0.870 bits per heavy atom. The number of amides is 1. The number of aliphatic hydroxyl groups excluding tert-OH is 1. The van der Waals surface area contributed by atoms with Gasteiger partial charge in [0, 0.05) is 13.0 Å². The maximum atomic E-state index is 11.3. The van der Waals surface area contributed by atoms with Crippen LogP contribution in [0.4, 0.5) is 0 Å². The Bertz CT molecular complexity index is 346. The first-order valence-corrected chi connectivity index (χ1v) is 9.13. The van der Waals surface area contributed by atoms with Crippen molar-refractivity contribution in [2.45, 2.75) is 71.1 Å². The average molecular weight is 322 g/mol. The Labute approximate surface area is 142 Å². The molecule has 0 aromatic carbocycles. The van der Waals surface area contributed by atoms with Crippen LogP contribution in [-0.2, 0) is 4.79 Å². The smallest absolute Gasteiger partial charge is 0.220 e. The highest BCUT2D eigenvalue weighted by Gasteiger charge is 1.99. The van der Waals surface area contributed by atoms with E-state index in [2.05, 4.69) is 48.7 Å². The Morgan fingerprint density at radius 2 is 1.48 bits per heavy atom. The maximum absolute atomic E-state index is 11.3. The maximum Gasteiger partial charge on any atom is 0.220 e. The van der Waals surface area contributed by atoms with Crippen molar-refractivity contribution >= 4 is 5.91 Å². The number of rotatable bonds is 15. The van der Waals surface area contributed by atoms with Crippen LogP contribution in [0.2, 0.25) is 0 Å². The molecule has 0 saturated heterocycles. The van der Waals surface area contributed by atoms with Gasteiger partial charge in [-0.25, -0.2) is 0 Å². The Balaban J connectivity index is 3.28. The van der Waals surface area contributed by atoms with E-state index in [1.54, 1.807) is 0 Å². The predicted molar refractivity (Wildman–Crippen MR) is 99.4 cm³/mol. The number of allylic oxidation sites excluding steroid dienone is 6. The Hall–Kier alpha value is -1.35. The van der Waals surface area contributed by atoms with Gasteiger partial charge in [-0.15, -0.1) is 0 Å². The number of unbranched alkanes of at least 4 members (excludes halogenated alkanes) is 5. The zero-order chi connectivity index (χ0) is 17.0. The SMILES string of the molecule is CCC=CCC=CCC=CCCCCCCCC(=O)NCCO. The van der Waals surface area contributed by atoms with Gasteiger partial charge < -0.3 is 10.4 Å². The van der Waals surface area contributed by atoms with Gasteiger partial charge in [0.15, 0.2) is 0 Å². The quantitative estimate of drug-likeness (QED) is 0.340. The molecule has 0 fully saturated rings. The van der Waals surface area contributed by atoms with Crippen molar-refractivity contribution in [1.29, 1.82) is 0 Å². The van der Waals surface area contributed by atoms with Crippen LogP contribution in [0.1, 0.15) is 71.1 Å². The summed E-state index contributed by atoms with van der Waals surface area (Å²) in [5, 5.41) is 11.3. The van der Waals surface area contributed by atoms with Gasteiger partial charge in [-0.2, -0.15) is 0 Å². The van der Waals surface area contributed by atoms with E-state index in [9.17, 15) is 4.79 Å². The second-order valence-electron chi connectivity index (χ2n) is 5.67. The van der Waals surface area contributed by atoms with Crippen LogP contribution in [0.25, 0.3) is 0 Å². The summed E-state index contributed by atoms with van der Waals surface area (Å²) >= 11 is 0. The van der Waals surface area contributed by atoms with Gasteiger partial charge >= 0.3 is 0 Å². The highest BCUT2D eigenvalue weighted by Crippen LogP contribution is 2.07. The molecule has 1 amide bonds. The molecule has 0 aliphatic rings. The van der Waals surface area contributed by atoms with Gasteiger partial charge in [0.05, 0.1) is 6.61 Å². The van der Waals surface area contributed by atoms with Crippen LogP contribution in [0.3, 0.4) is 0 Å². The molecule has 0 atom stereocenters. The molecule has 0 rings (SSSR count). The van der Waals surface area contributed by atoms with E-state index in [0.717, 1.165) is 38.5 Å². The summed E-state index contributed by atoms with van der Waals surface area (Å²) < 4.78 is 0. The fraction of sp³-hybridized carbons (Fsp3) is 0.650. The van der Waals surface area contributed by atoms with E-state index in [0.29, 0.717) is 13.0 Å². The molecule has 132 valence electrons. The van der Waals surface area contributed by atoms with Crippen LogP contribution < -0.4 is 5.32 Å². The average Bonchev–Trinajstić information content (AvgIpc) is 2.56. The molecule has 0 aliphatic heterocycles. The zero-order valence-corrected chi connectivity index (χ0v) is 14.8. The molecule has 0 radical (unpaired) electrons. The lowest BCUT2D eigenvalue weighted by Gasteiger charge is -2.03. The highest BCUT2D eigenvalue weighted by molar-refractivity contribution is 5.75. The van der Waals surface area contributed by atoms with Crippen molar-refractivity contribution in [3.05, 3.63) is 36.5 Å². The third kappa shape index (κ3) is 18.6. The van der Waals surface area contributed by atoms with Crippen molar-refractivity contribution in [3.63, 3.8) is 0 Å². The topological polar surface area (TPSA) is 49.3 Å². The van der Waals surface area contributed by atoms with Crippen LogP contribution in [0, 0.1) is 0 Å². The minimum Gasteiger partial charge on any atom is -0.395 e. The second-order valence-corrected chi connectivity index (χ2v) is 5.67. The summed E-state index contributed by atoms with van der Waals surface area (Å²) in [6, 6.07) is 0. The number of carbonyl (C=O) groups is 1. The lowest BCUT2D eigenvalue weighted by molar-refractivity contribution is -0.121. The van der Waals surface area contributed by atoms with Gasteiger partial charge in [0.1, 0.15) is 0 Å². The summed E-state index contributed by atoms with van der Waals surface area (Å²) in [5.41, 5.74) is 0.